The molecule has 0 unspecified atom stereocenters. The van der Waals surface area contributed by atoms with Crippen LogP contribution in [0.2, 0.25) is 5.02 Å². The van der Waals surface area contributed by atoms with Gasteiger partial charge in [0.05, 0.1) is 19.2 Å². The van der Waals surface area contributed by atoms with Gasteiger partial charge in [-0.2, -0.15) is 4.98 Å². The van der Waals surface area contributed by atoms with Crippen LogP contribution < -0.4 is 4.74 Å². The molecule has 0 atom stereocenters. The SMILES string of the molecule is COc1ccc2[nH]c(=S)n(Cc3cccc(Cl)c3)c2n1. The number of H-pyrrole nitrogens is 1. The average Bonchev–Trinajstić information content (AvgIpc) is 2.74. The normalized spacial score (nSPS) is 10.9. The number of rotatable bonds is 3. The number of aromatic amines is 1. The van der Waals surface area contributed by atoms with Gasteiger partial charge in [0.25, 0.3) is 0 Å². The fraction of sp³-hybridized carbons (Fsp3) is 0.143. The summed E-state index contributed by atoms with van der Waals surface area (Å²) in [5.74, 6) is 0.561. The first kappa shape index (κ1) is 13.1. The molecule has 0 fully saturated rings. The van der Waals surface area contributed by atoms with Crippen LogP contribution in [0.5, 0.6) is 5.88 Å². The molecule has 0 radical (unpaired) electrons. The molecule has 1 aromatic carbocycles. The van der Waals surface area contributed by atoms with Crippen molar-refractivity contribution in [1.29, 1.82) is 0 Å². The van der Waals surface area contributed by atoms with Gasteiger partial charge in [-0.25, -0.2) is 0 Å². The standard InChI is InChI=1S/C14H12ClN3OS/c1-19-12-6-5-11-13(17-12)18(14(20)16-11)8-9-3-2-4-10(15)7-9/h2-7H,8H2,1H3,(H,16,20). The van der Waals surface area contributed by atoms with Crippen LogP contribution in [-0.4, -0.2) is 21.6 Å². The van der Waals surface area contributed by atoms with E-state index in [2.05, 4.69) is 9.97 Å². The predicted octanol–water partition coefficient (Wildman–Crippen LogP) is 3.80. The molecule has 0 amide bonds. The van der Waals surface area contributed by atoms with Crippen molar-refractivity contribution in [2.75, 3.05) is 7.11 Å². The topological polar surface area (TPSA) is 42.8 Å². The molecule has 0 aliphatic carbocycles. The monoisotopic (exact) mass is 305 g/mol. The van der Waals surface area contributed by atoms with Crippen molar-refractivity contribution >= 4 is 35.0 Å². The van der Waals surface area contributed by atoms with Gasteiger partial charge in [0.15, 0.2) is 10.4 Å². The van der Waals surface area contributed by atoms with Gasteiger partial charge in [0, 0.05) is 11.1 Å². The highest BCUT2D eigenvalue weighted by molar-refractivity contribution is 7.71. The average molecular weight is 306 g/mol. The van der Waals surface area contributed by atoms with Crippen molar-refractivity contribution < 1.29 is 4.74 Å². The summed E-state index contributed by atoms with van der Waals surface area (Å²) < 4.78 is 7.72. The van der Waals surface area contributed by atoms with Gasteiger partial charge in [0.2, 0.25) is 5.88 Å². The molecule has 0 bridgehead atoms. The summed E-state index contributed by atoms with van der Waals surface area (Å²) in [5.41, 5.74) is 2.73. The molecule has 3 aromatic rings. The van der Waals surface area contributed by atoms with Gasteiger partial charge < -0.3 is 9.72 Å². The first-order chi connectivity index (χ1) is 9.67. The molecule has 4 nitrogen and oxygen atoms in total. The number of imidazole rings is 1. The maximum Gasteiger partial charge on any atom is 0.215 e. The number of benzene rings is 1. The minimum atomic E-state index is 0.561. The van der Waals surface area contributed by atoms with E-state index in [1.54, 1.807) is 13.2 Å². The van der Waals surface area contributed by atoms with Gasteiger partial charge in [-0.1, -0.05) is 23.7 Å². The van der Waals surface area contributed by atoms with E-state index in [1.807, 2.05) is 34.9 Å². The molecule has 102 valence electrons. The number of nitrogens with one attached hydrogen (secondary N) is 1. The second-order valence-corrected chi connectivity index (χ2v) is 5.19. The second kappa shape index (κ2) is 5.26. The third kappa shape index (κ3) is 2.42. The van der Waals surface area contributed by atoms with E-state index >= 15 is 0 Å². The van der Waals surface area contributed by atoms with Crippen LogP contribution in [0.4, 0.5) is 0 Å². The Morgan fingerprint density at radius 3 is 2.95 bits per heavy atom. The number of hydrogen-bond donors (Lipinski definition) is 1. The highest BCUT2D eigenvalue weighted by Gasteiger charge is 2.08. The second-order valence-electron chi connectivity index (χ2n) is 4.37. The fourth-order valence-corrected chi connectivity index (χ4v) is 2.57. The van der Waals surface area contributed by atoms with E-state index in [9.17, 15) is 0 Å². The van der Waals surface area contributed by atoms with E-state index in [4.69, 9.17) is 28.6 Å². The number of halogens is 1. The number of ether oxygens (including phenoxy) is 1. The highest BCUT2D eigenvalue weighted by Crippen LogP contribution is 2.19. The largest absolute Gasteiger partial charge is 0.481 e. The number of fused-ring (bicyclic) bond motifs is 1. The molecule has 0 aliphatic heterocycles. The Kier molecular flexibility index (Phi) is 3.46. The summed E-state index contributed by atoms with van der Waals surface area (Å²) in [7, 11) is 1.59. The zero-order valence-corrected chi connectivity index (χ0v) is 12.3. The van der Waals surface area contributed by atoms with Crippen LogP contribution in [0.25, 0.3) is 11.2 Å². The lowest BCUT2D eigenvalue weighted by atomic mass is 10.2. The van der Waals surface area contributed by atoms with Crippen molar-refractivity contribution in [3.05, 3.63) is 51.8 Å². The summed E-state index contributed by atoms with van der Waals surface area (Å²) in [6.07, 6.45) is 0. The zero-order valence-electron chi connectivity index (χ0n) is 10.8. The quantitative estimate of drug-likeness (QED) is 0.748. The number of methoxy groups -OCH3 is 1. The lowest BCUT2D eigenvalue weighted by Gasteiger charge is -2.05. The number of hydrogen-bond acceptors (Lipinski definition) is 3. The van der Waals surface area contributed by atoms with Crippen LogP contribution in [-0.2, 0) is 6.54 Å². The molecule has 0 spiro atoms. The maximum absolute atomic E-state index is 6.01. The third-order valence-corrected chi connectivity index (χ3v) is 3.59. The van der Waals surface area contributed by atoms with E-state index in [0.29, 0.717) is 22.2 Å². The van der Waals surface area contributed by atoms with E-state index in [1.165, 1.54) is 0 Å². The fourth-order valence-electron chi connectivity index (χ4n) is 2.09. The van der Waals surface area contributed by atoms with Crippen molar-refractivity contribution in [3.8, 4) is 5.88 Å². The van der Waals surface area contributed by atoms with Crippen molar-refractivity contribution in [3.63, 3.8) is 0 Å². The lowest BCUT2D eigenvalue weighted by molar-refractivity contribution is 0.399. The molecular weight excluding hydrogens is 294 g/mol. The molecule has 1 N–H and O–H groups in total. The van der Waals surface area contributed by atoms with E-state index < -0.39 is 0 Å². The molecule has 2 aromatic heterocycles. The summed E-state index contributed by atoms with van der Waals surface area (Å²) in [5, 5.41) is 0.708. The molecule has 0 saturated heterocycles. The van der Waals surface area contributed by atoms with E-state index in [0.717, 1.165) is 16.7 Å². The Balaban J connectivity index is 2.10. The van der Waals surface area contributed by atoms with Crippen LogP contribution in [0.1, 0.15) is 5.56 Å². The van der Waals surface area contributed by atoms with Crippen molar-refractivity contribution in [2.45, 2.75) is 6.54 Å². The first-order valence-electron chi connectivity index (χ1n) is 6.05. The molecule has 6 heteroatoms. The number of pyridine rings is 1. The lowest BCUT2D eigenvalue weighted by Crippen LogP contribution is -2.01. The molecule has 0 aliphatic rings. The van der Waals surface area contributed by atoms with Gasteiger partial charge in [-0.15, -0.1) is 0 Å². The van der Waals surface area contributed by atoms with Gasteiger partial charge in [-0.05, 0) is 36.0 Å². The van der Waals surface area contributed by atoms with Crippen LogP contribution in [0.3, 0.4) is 0 Å². The Morgan fingerprint density at radius 1 is 1.35 bits per heavy atom. The molecule has 0 saturated carbocycles. The van der Waals surface area contributed by atoms with Crippen LogP contribution >= 0.6 is 23.8 Å². The van der Waals surface area contributed by atoms with Crippen LogP contribution in [0.15, 0.2) is 36.4 Å². The summed E-state index contributed by atoms with van der Waals surface area (Å²) in [4.78, 5) is 7.58. The van der Waals surface area contributed by atoms with Gasteiger partial charge >= 0.3 is 0 Å². The Hall–Kier alpha value is -1.85. The molecule has 20 heavy (non-hydrogen) atoms. The summed E-state index contributed by atoms with van der Waals surface area (Å²) in [6.45, 7) is 0.611. The summed E-state index contributed by atoms with van der Waals surface area (Å²) >= 11 is 11.4. The summed E-state index contributed by atoms with van der Waals surface area (Å²) in [6, 6.07) is 11.4. The van der Waals surface area contributed by atoms with E-state index in [-0.39, 0.29) is 0 Å². The Labute approximate surface area is 126 Å². The zero-order chi connectivity index (χ0) is 14.1. The Bertz CT molecular complexity index is 825. The number of aromatic nitrogens is 3. The van der Waals surface area contributed by atoms with Crippen LogP contribution in [0, 0.1) is 4.77 Å². The van der Waals surface area contributed by atoms with Crippen molar-refractivity contribution in [2.24, 2.45) is 0 Å². The smallest absolute Gasteiger partial charge is 0.215 e. The van der Waals surface area contributed by atoms with Gasteiger partial charge in [0.1, 0.15) is 0 Å². The minimum Gasteiger partial charge on any atom is -0.481 e. The third-order valence-electron chi connectivity index (χ3n) is 3.03. The number of nitrogens with zero attached hydrogens (tertiary/aromatic N) is 2. The molecule has 2 heterocycles. The predicted molar refractivity (Wildman–Crippen MR) is 82.0 cm³/mol. The minimum absolute atomic E-state index is 0.561. The molecular formula is C14H12ClN3OS. The highest BCUT2D eigenvalue weighted by atomic mass is 35.5. The first-order valence-corrected chi connectivity index (χ1v) is 6.84. The molecule has 3 rings (SSSR count). The maximum atomic E-state index is 6.01. The van der Waals surface area contributed by atoms with Crippen molar-refractivity contribution in [1.82, 2.24) is 14.5 Å². The Morgan fingerprint density at radius 2 is 2.20 bits per heavy atom. The van der Waals surface area contributed by atoms with Gasteiger partial charge in [-0.3, -0.25) is 4.57 Å².